The predicted molar refractivity (Wildman–Crippen MR) is 170 cm³/mol. The second-order valence-electron chi connectivity index (χ2n) is 11.1. The summed E-state index contributed by atoms with van der Waals surface area (Å²) in [5.74, 6) is 0.375. The van der Waals surface area contributed by atoms with E-state index in [2.05, 4.69) is 34.6 Å². The lowest BCUT2D eigenvalue weighted by atomic mass is 10.0. The molecule has 1 aromatic heterocycles. The average Bonchev–Trinajstić information content (AvgIpc) is 3.36. The van der Waals surface area contributed by atoms with E-state index < -0.39 is 0 Å². The summed E-state index contributed by atoms with van der Waals surface area (Å²) in [6.07, 6.45) is 15.6. The summed E-state index contributed by atoms with van der Waals surface area (Å²) in [6.45, 7) is 7.27. The van der Waals surface area contributed by atoms with E-state index in [1.54, 1.807) is 24.3 Å². The highest BCUT2D eigenvalue weighted by molar-refractivity contribution is 7.07. The molecule has 0 aliphatic rings. The number of nitrogens with one attached hydrogen (secondary N) is 1. The highest BCUT2D eigenvalue weighted by Crippen LogP contribution is 2.26. The van der Waals surface area contributed by atoms with E-state index in [4.69, 9.17) is 4.74 Å². The zero-order valence-electron chi connectivity index (χ0n) is 25.4. The number of ketones is 1. The van der Waals surface area contributed by atoms with Gasteiger partial charge in [-0.1, -0.05) is 113 Å². The van der Waals surface area contributed by atoms with Crippen molar-refractivity contribution in [3.8, 4) is 5.75 Å². The molecule has 1 heterocycles. The average molecular weight is 578 g/mol. The Balaban J connectivity index is 1.42. The molecule has 41 heavy (non-hydrogen) atoms. The third-order valence-electron chi connectivity index (χ3n) is 7.54. The third-order valence-corrected chi connectivity index (χ3v) is 8.39. The Morgan fingerprint density at radius 1 is 0.854 bits per heavy atom. The van der Waals surface area contributed by atoms with Crippen molar-refractivity contribution >= 4 is 28.7 Å². The quantitative estimate of drug-likeness (QED) is 0.0829. The Kier molecular flexibility index (Phi) is 14.6. The molecule has 0 radical (unpaired) electrons. The lowest BCUT2D eigenvalue weighted by Crippen LogP contribution is -2.34. The number of carbonyl (C=O) groups excluding carboxylic acids is 2. The van der Waals surface area contributed by atoms with Gasteiger partial charge in [-0.25, -0.2) is 0 Å². The van der Waals surface area contributed by atoms with Crippen LogP contribution in [0, 0.1) is 6.92 Å². The van der Waals surface area contributed by atoms with Crippen molar-refractivity contribution in [3.05, 3.63) is 75.7 Å². The number of hydrogen-bond donors (Lipinski definition) is 1. The number of para-hydroxylation sites is 1. The Labute approximate surface area is 251 Å². The van der Waals surface area contributed by atoms with Crippen LogP contribution in [0.4, 0.5) is 5.69 Å². The molecule has 3 rings (SSSR count). The fourth-order valence-corrected chi connectivity index (χ4v) is 5.85. The summed E-state index contributed by atoms with van der Waals surface area (Å²) in [4.78, 5) is 25.2. The van der Waals surface area contributed by atoms with E-state index in [-0.39, 0.29) is 18.1 Å². The van der Waals surface area contributed by atoms with Crippen LogP contribution in [0.1, 0.15) is 118 Å². The topological polar surface area (TPSA) is 59.3 Å². The van der Waals surface area contributed by atoms with Gasteiger partial charge in [-0.2, -0.15) is 4.57 Å². The van der Waals surface area contributed by atoms with E-state index in [0.717, 1.165) is 30.6 Å². The highest BCUT2D eigenvalue weighted by atomic mass is 32.1. The van der Waals surface area contributed by atoms with Gasteiger partial charge in [0, 0.05) is 23.7 Å². The predicted octanol–water partition coefficient (Wildman–Crippen LogP) is 8.86. The maximum absolute atomic E-state index is 12.9. The van der Waals surface area contributed by atoms with E-state index >= 15 is 0 Å². The lowest BCUT2D eigenvalue weighted by molar-refractivity contribution is -0.689. The van der Waals surface area contributed by atoms with Gasteiger partial charge in [0.05, 0.1) is 24.0 Å². The van der Waals surface area contributed by atoms with Crippen LogP contribution < -0.4 is 14.6 Å². The van der Waals surface area contributed by atoms with Crippen LogP contribution in [-0.4, -0.2) is 18.3 Å². The van der Waals surface area contributed by atoms with Gasteiger partial charge in [0.1, 0.15) is 5.75 Å². The number of hydrogen-bond acceptors (Lipinski definition) is 4. The Hall–Kier alpha value is -2.99. The molecule has 0 unspecified atom stereocenters. The molecule has 0 aliphatic carbocycles. The molecule has 0 fully saturated rings. The van der Waals surface area contributed by atoms with Crippen LogP contribution in [0.2, 0.25) is 0 Å². The molecule has 3 aromatic rings. The second kappa shape index (κ2) is 18.4. The van der Waals surface area contributed by atoms with Gasteiger partial charge in [-0.3, -0.25) is 9.59 Å². The number of ether oxygens (including phenoxy) is 1. The van der Waals surface area contributed by atoms with Gasteiger partial charge in [-0.15, -0.1) is 0 Å². The fraction of sp³-hybridized carbons (Fsp3) is 0.514. The molecule has 0 saturated carbocycles. The number of aromatic nitrogens is 1. The maximum Gasteiger partial charge on any atom is 0.228 e. The first-order chi connectivity index (χ1) is 20.0. The van der Waals surface area contributed by atoms with Crippen LogP contribution in [0.15, 0.2) is 53.4 Å². The smallest absolute Gasteiger partial charge is 0.228 e. The van der Waals surface area contributed by atoms with Crippen molar-refractivity contribution in [2.45, 2.75) is 111 Å². The Morgan fingerprint density at radius 2 is 1.49 bits per heavy atom. The number of aryl methyl sites for hydroxylation is 1. The SMILES string of the molecule is CCCCCCCCCCCCCCOc1c(CC(=O)Nc2ccc(C[n+]3cscc3C)cc2)cccc1C(C)=O. The molecular weight excluding hydrogens is 528 g/mol. The molecule has 222 valence electrons. The number of rotatable bonds is 20. The molecule has 0 saturated heterocycles. The van der Waals surface area contributed by atoms with Crippen molar-refractivity contribution in [2.24, 2.45) is 0 Å². The first-order valence-corrected chi connectivity index (χ1v) is 16.5. The molecule has 6 heteroatoms. The lowest BCUT2D eigenvalue weighted by Gasteiger charge is -2.15. The third kappa shape index (κ3) is 11.8. The first kappa shape index (κ1) is 32.5. The normalized spacial score (nSPS) is 11.0. The van der Waals surface area contributed by atoms with Crippen LogP contribution in [0.25, 0.3) is 0 Å². The van der Waals surface area contributed by atoms with Gasteiger partial charge >= 0.3 is 0 Å². The van der Waals surface area contributed by atoms with Crippen LogP contribution in [0.5, 0.6) is 5.75 Å². The van der Waals surface area contributed by atoms with Crippen molar-refractivity contribution in [1.29, 1.82) is 0 Å². The van der Waals surface area contributed by atoms with E-state index in [0.29, 0.717) is 17.9 Å². The molecule has 0 aliphatic heterocycles. The summed E-state index contributed by atoms with van der Waals surface area (Å²) in [5, 5.41) is 5.13. The minimum absolute atomic E-state index is 0.0498. The Bertz CT molecular complexity index is 1200. The highest BCUT2D eigenvalue weighted by Gasteiger charge is 2.16. The molecule has 5 nitrogen and oxygen atoms in total. The largest absolute Gasteiger partial charge is 0.493 e. The zero-order valence-corrected chi connectivity index (χ0v) is 26.2. The first-order valence-electron chi connectivity index (χ1n) is 15.5. The van der Waals surface area contributed by atoms with Gasteiger partial charge in [0.2, 0.25) is 11.4 Å². The molecule has 0 atom stereocenters. The van der Waals surface area contributed by atoms with Crippen LogP contribution in [0.3, 0.4) is 0 Å². The van der Waals surface area contributed by atoms with Crippen molar-refractivity contribution in [3.63, 3.8) is 0 Å². The number of thiazole rings is 1. The standard InChI is InChI=1S/C35H48N2O3S/c1-4-5-6-7-8-9-10-11-12-13-14-15-23-40-35-31(17-16-18-33(35)29(3)38)24-34(39)36-32-21-19-30(20-22-32)25-37-27-41-26-28(37)2/h16-22,26-27H,4-15,23-25H2,1-3H3/p+1. The number of Topliss-reactive ketones (excluding diaryl/α,β-unsaturated/α-hetero) is 1. The molecule has 0 spiro atoms. The second-order valence-corrected chi connectivity index (χ2v) is 11.9. The molecular formula is C35H49N2O3S+. The van der Waals surface area contributed by atoms with Gasteiger partial charge < -0.3 is 10.1 Å². The summed E-state index contributed by atoms with van der Waals surface area (Å²) < 4.78 is 8.35. The van der Waals surface area contributed by atoms with Gasteiger partial charge in [-0.05, 0) is 31.5 Å². The van der Waals surface area contributed by atoms with Crippen molar-refractivity contribution in [1.82, 2.24) is 0 Å². The molecule has 1 N–H and O–H groups in total. The molecule has 0 bridgehead atoms. The number of nitrogens with zero attached hydrogens (tertiary/aromatic N) is 1. The summed E-state index contributed by atoms with van der Waals surface area (Å²) >= 11 is 1.69. The van der Waals surface area contributed by atoms with Crippen LogP contribution >= 0.6 is 11.3 Å². The van der Waals surface area contributed by atoms with Crippen molar-refractivity contribution in [2.75, 3.05) is 11.9 Å². The number of anilines is 1. The minimum Gasteiger partial charge on any atom is -0.493 e. The summed E-state index contributed by atoms with van der Waals surface area (Å²) in [6, 6.07) is 13.5. The van der Waals surface area contributed by atoms with E-state index in [9.17, 15) is 9.59 Å². The van der Waals surface area contributed by atoms with E-state index in [1.807, 2.05) is 36.4 Å². The monoisotopic (exact) mass is 577 g/mol. The molecule has 2 aromatic carbocycles. The van der Waals surface area contributed by atoms with Gasteiger partial charge in [0.15, 0.2) is 18.0 Å². The zero-order chi connectivity index (χ0) is 29.3. The Morgan fingerprint density at radius 3 is 2.07 bits per heavy atom. The summed E-state index contributed by atoms with van der Waals surface area (Å²) in [5.41, 5.74) is 6.56. The maximum atomic E-state index is 12.9. The van der Waals surface area contributed by atoms with Crippen LogP contribution in [-0.2, 0) is 17.8 Å². The molecule has 1 amide bonds. The minimum atomic E-state index is -0.128. The number of carbonyl (C=O) groups is 2. The van der Waals surface area contributed by atoms with Gasteiger partial charge in [0.25, 0.3) is 0 Å². The summed E-state index contributed by atoms with van der Waals surface area (Å²) in [7, 11) is 0. The number of unbranched alkanes of at least 4 members (excludes halogenated alkanes) is 11. The number of amides is 1. The van der Waals surface area contributed by atoms with Crippen molar-refractivity contribution < 1.29 is 18.9 Å². The van der Waals surface area contributed by atoms with E-state index in [1.165, 1.54) is 75.5 Å². The number of benzene rings is 2. The fourth-order valence-electron chi connectivity index (χ4n) is 5.07.